The first-order chi connectivity index (χ1) is 9.02. The van der Waals surface area contributed by atoms with Gasteiger partial charge < -0.3 is 15.5 Å². The minimum Gasteiger partial charge on any atom is -0.481 e. The van der Waals surface area contributed by atoms with E-state index in [4.69, 9.17) is 10.2 Å². The summed E-state index contributed by atoms with van der Waals surface area (Å²) in [7, 11) is 0. The maximum atomic E-state index is 11.1. The molecule has 3 N–H and O–H groups in total. The average Bonchev–Trinajstić information content (AvgIpc) is 2.34. The minimum atomic E-state index is -1.14. The molecule has 0 aromatic carbocycles. The molecule has 0 aromatic heterocycles. The number of carboxylic acids is 2. The summed E-state index contributed by atoms with van der Waals surface area (Å²) in [5.41, 5.74) is 0. The van der Waals surface area contributed by atoms with Gasteiger partial charge in [0.05, 0.1) is 0 Å². The van der Waals surface area contributed by atoms with E-state index in [2.05, 4.69) is 5.32 Å². The number of aliphatic carboxylic acids is 2. The van der Waals surface area contributed by atoms with Gasteiger partial charge in [-0.1, -0.05) is 25.7 Å². The SMILES string of the molecule is O=C(O)/C=C\C(=O)NCCCCCCCCC(=O)O. The molecule has 0 rings (SSSR count). The molecule has 19 heavy (non-hydrogen) atoms. The normalized spacial score (nSPS) is 10.5. The largest absolute Gasteiger partial charge is 0.481 e. The Hall–Kier alpha value is -1.85. The van der Waals surface area contributed by atoms with Crippen LogP contribution in [0, 0.1) is 0 Å². The van der Waals surface area contributed by atoms with E-state index in [1.165, 1.54) is 0 Å². The van der Waals surface area contributed by atoms with E-state index in [0.29, 0.717) is 13.0 Å². The fourth-order valence-electron chi connectivity index (χ4n) is 1.53. The third-order valence-corrected chi connectivity index (χ3v) is 2.49. The van der Waals surface area contributed by atoms with Crippen molar-refractivity contribution in [1.29, 1.82) is 0 Å². The molecular formula is C13H21NO5. The van der Waals surface area contributed by atoms with Crippen LogP contribution in [0.4, 0.5) is 0 Å². The van der Waals surface area contributed by atoms with E-state index < -0.39 is 17.8 Å². The van der Waals surface area contributed by atoms with E-state index in [1.54, 1.807) is 0 Å². The van der Waals surface area contributed by atoms with Gasteiger partial charge in [-0.15, -0.1) is 0 Å². The van der Waals surface area contributed by atoms with Crippen LogP contribution in [-0.4, -0.2) is 34.6 Å². The molecule has 0 spiro atoms. The van der Waals surface area contributed by atoms with Gasteiger partial charge in [0.1, 0.15) is 0 Å². The number of carbonyl (C=O) groups is 3. The van der Waals surface area contributed by atoms with Gasteiger partial charge in [0, 0.05) is 25.1 Å². The summed E-state index contributed by atoms with van der Waals surface area (Å²) in [5, 5.41) is 19.3. The van der Waals surface area contributed by atoms with Gasteiger partial charge >= 0.3 is 11.9 Å². The van der Waals surface area contributed by atoms with Crippen molar-refractivity contribution in [3.8, 4) is 0 Å². The second-order valence-electron chi connectivity index (χ2n) is 4.23. The van der Waals surface area contributed by atoms with E-state index in [9.17, 15) is 14.4 Å². The fourth-order valence-corrected chi connectivity index (χ4v) is 1.53. The zero-order valence-electron chi connectivity index (χ0n) is 10.9. The molecule has 0 heterocycles. The lowest BCUT2D eigenvalue weighted by Crippen LogP contribution is -2.22. The topological polar surface area (TPSA) is 104 Å². The Morgan fingerprint density at radius 3 is 2.00 bits per heavy atom. The third-order valence-electron chi connectivity index (χ3n) is 2.49. The molecule has 6 nitrogen and oxygen atoms in total. The number of amides is 1. The maximum Gasteiger partial charge on any atom is 0.328 e. The number of nitrogens with one attached hydrogen (secondary N) is 1. The van der Waals surface area contributed by atoms with E-state index in [1.807, 2.05) is 0 Å². The fraction of sp³-hybridized carbons (Fsp3) is 0.615. The van der Waals surface area contributed by atoms with E-state index in [-0.39, 0.29) is 6.42 Å². The smallest absolute Gasteiger partial charge is 0.328 e. The highest BCUT2D eigenvalue weighted by atomic mass is 16.4. The van der Waals surface area contributed by atoms with Crippen LogP contribution in [0.3, 0.4) is 0 Å². The van der Waals surface area contributed by atoms with Crippen LogP contribution in [0.5, 0.6) is 0 Å². The van der Waals surface area contributed by atoms with Gasteiger partial charge in [-0.3, -0.25) is 9.59 Å². The van der Waals surface area contributed by atoms with Gasteiger partial charge in [-0.2, -0.15) is 0 Å². The number of hydrogen-bond acceptors (Lipinski definition) is 3. The highest BCUT2D eigenvalue weighted by molar-refractivity contribution is 5.93. The maximum absolute atomic E-state index is 11.1. The molecule has 0 saturated carbocycles. The Kier molecular flexibility index (Phi) is 10.2. The summed E-state index contributed by atoms with van der Waals surface area (Å²) >= 11 is 0. The van der Waals surface area contributed by atoms with Gasteiger partial charge in [-0.25, -0.2) is 4.79 Å². The van der Waals surface area contributed by atoms with Crippen LogP contribution in [-0.2, 0) is 14.4 Å². The Labute approximate surface area is 112 Å². The van der Waals surface area contributed by atoms with Crippen molar-refractivity contribution < 1.29 is 24.6 Å². The zero-order valence-corrected chi connectivity index (χ0v) is 10.9. The molecule has 0 fully saturated rings. The average molecular weight is 271 g/mol. The summed E-state index contributed by atoms with van der Waals surface area (Å²) in [6.07, 6.45) is 7.48. The quantitative estimate of drug-likeness (QED) is 0.391. The lowest BCUT2D eigenvalue weighted by molar-refractivity contribution is -0.137. The monoisotopic (exact) mass is 271 g/mol. The number of carbonyl (C=O) groups excluding carboxylic acids is 1. The lowest BCUT2D eigenvalue weighted by Gasteiger charge is -2.02. The Morgan fingerprint density at radius 2 is 1.42 bits per heavy atom. The predicted molar refractivity (Wildman–Crippen MR) is 69.7 cm³/mol. The van der Waals surface area contributed by atoms with Crippen molar-refractivity contribution >= 4 is 17.8 Å². The van der Waals surface area contributed by atoms with Gasteiger partial charge in [0.25, 0.3) is 0 Å². The van der Waals surface area contributed by atoms with Gasteiger partial charge in [-0.05, 0) is 12.8 Å². The molecule has 0 radical (unpaired) electrons. The standard InChI is InChI=1S/C13H21NO5/c15-11(8-9-13(18)19)14-10-6-4-2-1-3-5-7-12(16)17/h8-9H,1-7,10H2,(H,14,15)(H,16,17)(H,18,19)/b9-8-. The number of rotatable bonds is 11. The molecule has 0 bridgehead atoms. The van der Waals surface area contributed by atoms with Crippen molar-refractivity contribution in [3.05, 3.63) is 12.2 Å². The Bertz CT molecular complexity index is 325. The van der Waals surface area contributed by atoms with E-state index in [0.717, 1.165) is 44.3 Å². The van der Waals surface area contributed by atoms with Crippen LogP contribution in [0.15, 0.2) is 12.2 Å². The van der Waals surface area contributed by atoms with Crippen molar-refractivity contribution in [2.75, 3.05) is 6.54 Å². The molecule has 1 amide bonds. The highest BCUT2D eigenvalue weighted by Crippen LogP contribution is 2.06. The second-order valence-corrected chi connectivity index (χ2v) is 4.23. The highest BCUT2D eigenvalue weighted by Gasteiger charge is 1.98. The molecule has 0 atom stereocenters. The van der Waals surface area contributed by atoms with Crippen molar-refractivity contribution in [2.24, 2.45) is 0 Å². The van der Waals surface area contributed by atoms with Crippen molar-refractivity contribution in [3.63, 3.8) is 0 Å². The lowest BCUT2D eigenvalue weighted by atomic mass is 10.1. The van der Waals surface area contributed by atoms with Crippen LogP contribution < -0.4 is 5.32 Å². The summed E-state index contributed by atoms with van der Waals surface area (Å²) in [6.45, 7) is 0.526. The number of unbranched alkanes of at least 4 members (excludes halogenated alkanes) is 5. The number of hydrogen-bond donors (Lipinski definition) is 3. The van der Waals surface area contributed by atoms with E-state index >= 15 is 0 Å². The van der Waals surface area contributed by atoms with Crippen LogP contribution in [0.1, 0.15) is 44.9 Å². The molecule has 0 aliphatic carbocycles. The van der Waals surface area contributed by atoms with Crippen molar-refractivity contribution in [2.45, 2.75) is 44.9 Å². The minimum absolute atomic E-state index is 0.228. The molecule has 0 unspecified atom stereocenters. The first kappa shape index (κ1) is 17.2. The zero-order chi connectivity index (χ0) is 14.5. The first-order valence-corrected chi connectivity index (χ1v) is 6.43. The van der Waals surface area contributed by atoms with Gasteiger partial charge in [0.15, 0.2) is 0 Å². The molecule has 0 saturated heterocycles. The van der Waals surface area contributed by atoms with Crippen LogP contribution >= 0.6 is 0 Å². The van der Waals surface area contributed by atoms with Crippen LogP contribution in [0.25, 0.3) is 0 Å². The molecule has 0 aliphatic heterocycles. The van der Waals surface area contributed by atoms with Crippen LogP contribution in [0.2, 0.25) is 0 Å². The van der Waals surface area contributed by atoms with Crippen molar-refractivity contribution in [1.82, 2.24) is 5.32 Å². The summed E-state index contributed by atoms with van der Waals surface area (Å²) in [5.74, 6) is -2.29. The number of carboxylic acid groups (broad SMARTS) is 2. The molecular weight excluding hydrogens is 250 g/mol. The predicted octanol–water partition coefficient (Wildman–Crippen LogP) is 1.56. The second kappa shape index (κ2) is 11.3. The third kappa shape index (κ3) is 14.1. The summed E-state index contributed by atoms with van der Waals surface area (Å²) in [6, 6.07) is 0. The molecule has 108 valence electrons. The molecule has 0 aromatic rings. The molecule has 6 heteroatoms. The summed E-state index contributed by atoms with van der Waals surface area (Å²) < 4.78 is 0. The Morgan fingerprint density at radius 1 is 0.842 bits per heavy atom. The summed E-state index contributed by atoms with van der Waals surface area (Å²) in [4.78, 5) is 31.5. The van der Waals surface area contributed by atoms with Gasteiger partial charge in [0.2, 0.25) is 5.91 Å². The Balaban J connectivity index is 3.29. The molecule has 0 aliphatic rings. The first-order valence-electron chi connectivity index (χ1n) is 6.43.